The molecule has 0 atom stereocenters. The fourth-order valence-electron chi connectivity index (χ4n) is 3.14. The predicted octanol–water partition coefficient (Wildman–Crippen LogP) is 3.21. The number of nitrogens with zero attached hydrogens (tertiary/aromatic N) is 3. The zero-order valence-electron chi connectivity index (χ0n) is 15.2. The molecule has 6 nitrogen and oxygen atoms in total. The third kappa shape index (κ3) is 3.34. The summed E-state index contributed by atoms with van der Waals surface area (Å²) in [6.45, 7) is 3.07. The summed E-state index contributed by atoms with van der Waals surface area (Å²) in [5.74, 6) is -0.631. The number of nitriles is 1. The van der Waals surface area contributed by atoms with E-state index in [-0.39, 0.29) is 27.8 Å². The van der Waals surface area contributed by atoms with Gasteiger partial charge in [0.15, 0.2) is 0 Å². The lowest BCUT2D eigenvalue weighted by Gasteiger charge is -2.29. The van der Waals surface area contributed by atoms with Gasteiger partial charge in [0.25, 0.3) is 5.91 Å². The van der Waals surface area contributed by atoms with Gasteiger partial charge in [-0.25, -0.2) is 4.21 Å². The van der Waals surface area contributed by atoms with Crippen LogP contribution in [0.1, 0.15) is 25.0 Å². The smallest absolute Gasteiger partial charge is 0.417 e. The number of anilines is 2. The van der Waals surface area contributed by atoms with Gasteiger partial charge < -0.3 is 10.0 Å². The van der Waals surface area contributed by atoms with E-state index in [0.717, 1.165) is 11.0 Å². The summed E-state index contributed by atoms with van der Waals surface area (Å²) in [5.41, 5.74) is -2.82. The number of halogens is 3. The first-order valence-electron chi connectivity index (χ1n) is 8.24. The number of hydrogen-bond acceptors (Lipinski definition) is 4. The molecule has 0 saturated carbocycles. The second kappa shape index (κ2) is 6.93. The van der Waals surface area contributed by atoms with Gasteiger partial charge in [-0.1, -0.05) is 0 Å². The van der Waals surface area contributed by atoms with Gasteiger partial charge in [-0.15, -0.1) is 0 Å². The Bertz CT molecular complexity index is 1080. The number of rotatable bonds is 2. The fraction of sp³-hybridized carbons (Fsp3) is 0.211. The lowest BCUT2D eigenvalue weighted by atomic mass is 10.0. The summed E-state index contributed by atoms with van der Waals surface area (Å²) in [4.78, 5) is 15.4. The molecule has 1 N–H and O–H groups in total. The molecule has 1 fully saturated rings. The highest BCUT2D eigenvalue weighted by Gasteiger charge is 2.51. The summed E-state index contributed by atoms with van der Waals surface area (Å²) in [7, 11) is 0. The molecule has 0 bridgehead atoms. The van der Waals surface area contributed by atoms with Crippen molar-refractivity contribution in [2.45, 2.75) is 25.6 Å². The second-order valence-corrected chi connectivity index (χ2v) is 7.29. The zero-order valence-corrected chi connectivity index (χ0v) is 16.0. The van der Waals surface area contributed by atoms with Crippen LogP contribution in [0.5, 0.6) is 5.75 Å². The lowest BCUT2D eigenvalue weighted by molar-refractivity contribution is -0.137. The number of phenolic OH excluding ortho intramolecular Hbond substituents is 1. The first-order chi connectivity index (χ1) is 13.5. The van der Waals surface area contributed by atoms with Gasteiger partial charge in [0.1, 0.15) is 22.5 Å². The van der Waals surface area contributed by atoms with Crippen molar-refractivity contribution in [3.8, 4) is 11.8 Å². The van der Waals surface area contributed by atoms with Gasteiger partial charge >= 0.3 is 6.18 Å². The molecule has 0 unspecified atom stereocenters. The molecule has 2 aromatic carbocycles. The van der Waals surface area contributed by atoms with Crippen LogP contribution in [0.2, 0.25) is 0 Å². The number of amides is 1. The van der Waals surface area contributed by atoms with Gasteiger partial charge in [-0.05, 0) is 56.3 Å². The van der Waals surface area contributed by atoms with Crippen LogP contribution in [0.15, 0.2) is 42.5 Å². The molecular formula is C19H14F3N3O3S. The highest BCUT2D eigenvalue weighted by molar-refractivity contribution is 7.67. The third-order valence-electron chi connectivity index (χ3n) is 4.54. The van der Waals surface area contributed by atoms with Crippen molar-refractivity contribution in [1.82, 2.24) is 0 Å². The van der Waals surface area contributed by atoms with E-state index in [2.05, 4.69) is 0 Å². The van der Waals surface area contributed by atoms with Crippen LogP contribution in [-0.4, -0.2) is 25.9 Å². The Balaban J connectivity index is 2.18. The zero-order chi connectivity index (χ0) is 21.6. The van der Waals surface area contributed by atoms with Gasteiger partial charge in [-0.2, -0.15) is 18.4 Å². The van der Waals surface area contributed by atoms with E-state index in [1.54, 1.807) is 0 Å². The Morgan fingerprint density at radius 3 is 2.21 bits per heavy atom. The van der Waals surface area contributed by atoms with Crippen LogP contribution < -0.4 is 9.80 Å². The predicted molar refractivity (Wildman–Crippen MR) is 101 cm³/mol. The molecule has 0 spiro atoms. The molecule has 1 aliphatic rings. The van der Waals surface area contributed by atoms with Crippen molar-refractivity contribution >= 4 is 33.6 Å². The summed E-state index contributed by atoms with van der Waals surface area (Å²) >= 11 is -0.0392. The highest BCUT2D eigenvalue weighted by Crippen LogP contribution is 2.39. The molecule has 0 radical (unpaired) electrons. The molecule has 0 aliphatic carbocycles. The fourth-order valence-corrected chi connectivity index (χ4v) is 3.81. The molecule has 150 valence electrons. The first kappa shape index (κ1) is 20.4. The summed E-state index contributed by atoms with van der Waals surface area (Å²) in [6.07, 6.45) is -4.80. The molecule has 1 amide bonds. The minimum Gasteiger partial charge on any atom is -0.508 e. The SMILES string of the molecule is CC1(C)C(=O)N(c2ccc(C#N)c(C(F)(F)F)c2)C(=S=O)N1c1ccc(O)cc1. The molecule has 10 heteroatoms. The van der Waals surface area contributed by atoms with Crippen molar-refractivity contribution in [1.29, 1.82) is 5.26 Å². The van der Waals surface area contributed by atoms with Crippen LogP contribution in [0.25, 0.3) is 0 Å². The Hall–Kier alpha value is -3.32. The van der Waals surface area contributed by atoms with Gasteiger partial charge in [-0.3, -0.25) is 9.69 Å². The van der Waals surface area contributed by atoms with E-state index < -0.39 is 28.7 Å². The van der Waals surface area contributed by atoms with Crippen LogP contribution in [-0.2, 0) is 22.2 Å². The molecule has 1 heterocycles. The Kier molecular flexibility index (Phi) is 4.88. The maximum Gasteiger partial charge on any atom is 0.417 e. The summed E-state index contributed by atoms with van der Waals surface area (Å²) in [6, 6.07) is 10.0. The molecule has 3 rings (SSSR count). The number of alkyl halides is 3. The normalized spacial score (nSPS) is 16.1. The van der Waals surface area contributed by atoms with Gasteiger partial charge in [0, 0.05) is 5.69 Å². The van der Waals surface area contributed by atoms with Crippen molar-refractivity contribution < 1.29 is 27.3 Å². The molecule has 0 aromatic heterocycles. The number of carbonyl (C=O) groups excluding carboxylic acids is 1. The van der Waals surface area contributed by atoms with E-state index in [0.29, 0.717) is 11.8 Å². The second-order valence-electron chi connectivity index (χ2n) is 6.76. The number of phenols is 1. The largest absolute Gasteiger partial charge is 0.508 e. The van der Waals surface area contributed by atoms with E-state index in [9.17, 15) is 27.3 Å². The van der Waals surface area contributed by atoms with Crippen molar-refractivity contribution in [3.05, 3.63) is 53.6 Å². The highest BCUT2D eigenvalue weighted by atomic mass is 32.1. The lowest BCUT2D eigenvalue weighted by Crippen LogP contribution is -2.44. The summed E-state index contributed by atoms with van der Waals surface area (Å²) in [5, 5.41) is 18.3. The minimum absolute atomic E-state index is 0.0211. The van der Waals surface area contributed by atoms with Gasteiger partial charge in [0.2, 0.25) is 5.11 Å². The maximum absolute atomic E-state index is 13.3. The van der Waals surface area contributed by atoms with E-state index in [1.165, 1.54) is 55.1 Å². The van der Waals surface area contributed by atoms with Crippen LogP contribution in [0.3, 0.4) is 0 Å². The molecule has 1 saturated heterocycles. The topological polar surface area (TPSA) is 84.6 Å². The summed E-state index contributed by atoms with van der Waals surface area (Å²) < 4.78 is 52.0. The number of aromatic hydroxyl groups is 1. The van der Waals surface area contributed by atoms with Crippen molar-refractivity contribution in [3.63, 3.8) is 0 Å². The van der Waals surface area contributed by atoms with Crippen molar-refractivity contribution in [2.24, 2.45) is 0 Å². The monoisotopic (exact) mass is 421 g/mol. The average Bonchev–Trinajstić information content (AvgIpc) is 2.87. The van der Waals surface area contributed by atoms with Gasteiger partial charge in [0.05, 0.1) is 22.9 Å². The van der Waals surface area contributed by atoms with E-state index >= 15 is 0 Å². The standard InChI is InChI=1S/C19H14F3N3O3S/c1-18(2)16(27)24(13-4-3-11(10-23)15(9-13)19(20,21)22)17(29-28)25(18)12-5-7-14(26)8-6-12/h3-9,26H,1-2H3. The molecule has 1 aliphatic heterocycles. The van der Waals surface area contributed by atoms with Crippen LogP contribution in [0, 0.1) is 11.3 Å². The third-order valence-corrected chi connectivity index (χ3v) is 5.05. The van der Waals surface area contributed by atoms with E-state index in [1.807, 2.05) is 0 Å². The average molecular weight is 421 g/mol. The molecule has 29 heavy (non-hydrogen) atoms. The first-order valence-corrected chi connectivity index (χ1v) is 8.98. The Morgan fingerprint density at radius 1 is 1.10 bits per heavy atom. The number of carbonyl (C=O) groups is 1. The van der Waals surface area contributed by atoms with Crippen LogP contribution >= 0.6 is 0 Å². The Morgan fingerprint density at radius 2 is 1.69 bits per heavy atom. The quantitative estimate of drug-likeness (QED) is 0.753. The molecular weight excluding hydrogens is 407 g/mol. The minimum atomic E-state index is -4.80. The Labute approximate surface area is 167 Å². The molecule has 2 aromatic rings. The van der Waals surface area contributed by atoms with E-state index in [4.69, 9.17) is 5.26 Å². The van der Waals surface area contributed by atoms with Crippen molar-refractivity contribution in [2.75, 3.05) is 9.80 Å². The maximum atomic E-state index is 13.3. The number of hydrogen-bond donors (Lipinski definition) is 1. The number of benzene rings is 2. The van der Waals surface area contributed by atoms with Crippen LogP contribution in [0.4, 0.5) is 24.5 Å².